The molecule has 0 saturated carbocycles. The van der Waals surface area contributed by atoms with Crippen LogP contribution in [-0.4, -0.2) is 27.3 Å². The van der Waals surface area contributed by atoms with Crippen molar-refractivity contribution in [1.29, 1.82) is 0 Å². The first-order chi connectivity index (χ1) is 7.80. The van der Waals surface area contributed by atoms with Gasteiger partial charge in [0, 0.05) is 11.6 Å². The normalized spacial score (nSPS) is 9.19. The molecule has 0 amide bonds. The lowest BCUT2D eigenvalue weighted by molar-refractivity contribution is 0.394. The van der Waals surface area contributed by atoms with Crippen LogP contribution in [-0.2, 0) is 0 Å². The average molecular weight is 219 g/mol. The molecule has 1 rings (SSSR count). The molecule has 1 aromatic carbocycles. The number of methoxy groups -OCH3 is 2. The van der Waals surface area contributed by atoms with E-state index in [1.807, 2.05) is 18.2 Å². The van der Waals surface area contributed by atoms with Gasteiger partial charge in [-0.25, -0.2) is 0 Å². The maximum atomic E-state index is 5.16. The molecule has 0 aliphatic carbocycles. The van der Waals surface area contributed by atoms with E-state index in [0.29, 0.717) is 6.54 Å². The zero-order valence-electron chi connectivity index (χ0n) is 9.96. The second kappa shape index (κ2) is 6.76. The summed E-state index contributed by atoms with van der Waals surface area (Å²) >= 11 is 0. The fourth-order valence-corrected chi connectivity index (χ4v) is 1.21. The molecule has 1 N–H and O–H groups in total. The van der Waals surface area contributed by atoms with Crippen LogP contribution in [0.2, 0.25) is 0 Å². The zero-order valence-corrected chi connectivity index (χ0v) is 9.96. The Morgan fingerprint density at radius 1 is 1.12 bits per heavy atom. The molecule has 0 radical (unpaired) electrons. The van der Waals surface area contributed by atoms with Gasteiger partial charge < -0.3 is 14.8 Å². The monoisotopic (exact) mass is 219 g/mol. The summed E-state index contributed by atoms with van der Waals surface area (Å²) in [6.07, 6.45) is 0. The minimum Gasteiger partial charge on any atom is -0.497 e. The summed E-state index contributed by atoms with van der Waals surface area (Å²) in [4.78, 5) is 0. The first kappa shape index (κ1) is 12.4. The van der Waals surface area contributed by atoms with Crippen LogP contribution in [0.4, 0.5) is 0 Å². The maximum absolute atomic E-state index is 5.16. The van der Waals surface area contributed by atoms with Crippen molar-refractivity contribution in [3.05, 3.63) is 23.8 Å². The van der Waals surface area contributed by atoms with Crippen molar-refractivity contribution >= 4 is 0 Å². The van der Waals surface area contributed by atoms with Gasteiger partial charge in [-0.15, -0.1) is 0 Å². The van der Waals surface area contributed by atoms with Crippen LogP contribution in [0.1, 0.15) is 12.5 Å². The fourth-order valence-electron chi connectivity index (χ4n) is 1.21. The van der Waals surface area contributed by atoms with E-state index in [2.05, 4.69) is 24.1 Å². The van der Waals surface area contributed by atoms with Gasteiger partial charge in [-0.3, -0.25) is 0 Å². The Morgan fingerprint density at radius 2 is 1.75 bits per heavy atom. The van der Waals surface area contributed by atoms with Gasteiger partial charge in [-0.05, 0) is 18.7 Å². The maximum Gasteiger partial charge on any atom is 0.123 e. The number of benzene rings is 1. The highest BCUT2D eigenvalue weighted by molar-refractivity contribution is 5.46. The summed E-state index contributed by atoms with van der Waals surface area (Å²) < 4.78 is 10.3. The van der Waals surface area contributed by atoms with Crippen LogP contribution in [0.3, 0.4) is 0 Å². The van der Waals surface area contributed by atoms with E-state index < -0.39 is 0 Å². The van der Waals surface area contributed by atoms with Crippen molar-refractivity contribution in [3.8, 4) is 23.3 Å². The van der Waals surface area contributed by atoms with Gasteiger partial charge >= 0.3 is 0 Å². The van der Waals surface area contributed by atoms with E-state index in [1.165, 1.54) is 0 Å². The Balaban J connectivity index is 2.81. The van der Waals surface area contributed by atoms with Crippen molar-refractivity contribution < 1.29 is 9.47 Å². The lowest BCUT2D eigenvalue weighted by Gasteiger charge is -2.04. The van der Waals surface area contributed by atoms with Crippen LogP contribution >= 0.6 is 0 Å². The Morgan fingerprint density at radius 3 is 2.25 bits per heavy atom. The summed E-state index contributed by atoms with van der Waals surface area (Å²) in [6.45, 7) is 3.67. The topological polar surface area (TPSA) is 30.5 Å². The molecule has 0 aliphatic rings. The first-order valence-corrected chi connectivity index (χ1v) is 5.22. The minimum absolute atomic E-state index is 0.691. The third-order valence-electron chi connectivity index (χ3n) is 2.05. The second-order valence-electron chi connectivity index (χ2n) is 3.18. The molecule has 1 aromatic rings. The molecular weight excluding hydrogens is 202 g/mol. The smallest absolute Gasteiger partial charge is 0.123 e. The summed E-state index contributed by atoms with van der Waals surface area (Å²) in [5.41, 5.74) is 0.897. The molecule has 3 nitrogen and oxygen atoms in total. The number of nitrogens with one attached hydrogen (secondary N) is 1. The van der Waals surface area contributed by atoms with Crippen LogP contribution in [0.15, 0.2) is 18.2 Å². The average Bonchev–Trinajstić information content (AvgIpc) is 2.34. The highest BCUT2D eigenvalue weighted by atomic mass is 16.5. The molecule has 0 atom stereocenters. The van der Waals surface area contributed by atoms with E-state index in [9.17, 15) is 0 Å². The van der Waals surface area contributed by atoms with Crippen molar-refractivity contribution in [3.63, 3.8) is 0 Å². The minimum atomic E-state index is 0.691. The number of ether oxygens (including phenoxy) is 2. The van der Waals surface area contributed by atoms with Crippen LogP contribution in [0.25, 0.3) is 0 Å². The zero-order chi connectivity index (χ0) is 11.8. The molecule has 0 fully saturated rings. The molecule has 0 unspecified atom stereocenters. The first-order valence-electron chi connectivity index (χ1n) is 5.22. The molecule has 0 aliphatic heterocycles. The van der Waals surface area contributed by atoms with E-state index in [0.717, 1.165) is 23.6 Å². The summed E-state index contributed by atoms with van der Waals surface area (Å²) in [5, 5.41) is 3.14. The summed E-state index contributed by atoms with van der Waals surface area (Å²) in [6, 6.07) is 5.61. The molecule has 0 heterocycles. The lowest BCUT2D eigenvalue weighted by Crippen LogP contribution is -2.11. The van der Waals surface area contributed by atoms with Gasteiger partial charge in [0.2, 0.25) is 0 Å². The quantitative estimate of drug-likeness (QED) is 0.617. The van der Waals surface area contributed by atoms with Gasteiger partial charge in [0.15, 0.2) is 0 Å². The number of rotatable bonds is 4. The predicted octanol–water partition coefficient (Wildman–Crippen LogP) is 1.66. The molecular formula is C13H17NO2. The highest BCUT2D eigenvalue weighted by Gasteiger charge is 1.98. The fraction of sp³-hybridized carbons (Fsp3) is 0.385. The van der Waals surface area contributed by atoms with Crippen molar-refractivity contribution in [2.24, 2.45) is 0 Å². The van der Waals surface area contributed by atoms with Gasteiger partial charge in [0.25, 0.3) is 0 Å². The predicted molar refractivity (Wildman–Crippen MR) is 65.0 cm³/mol. The molecule has 16 heavy (non-hydrogen) atoms. The lowest BCUT2D eigenvalue weighted by atomic mass is 10.2. The number of hydrogen-bond donors (Lipinski definition) is 1. The molecule has 0 aromatic heterocycles. The Hall–Kier alpha value is -1.66. The Bertz CT molecular complexity index is 368. The Labute approximate surface area is 96.8 Å². The van der Waals surface area contributed by atoms with E-state index in [-0.39, 0.29) is 0 Å². The second-order valence-corrected chi connectivity index (χ2v) is 3.18. The van der Waals surface area contributed by atoms with Crippen LogP contribution in [0, 0.1) is 11.8 Å². The van der Waals surface area contributed by atoms with Gasteiger partial charge in [-0.2, -0.15) is 0 Å². The third-order valence-corrected chi connectivity index (χ3v) is 2.05. The molecule has 86 valence electrons. The van der Waals surface area contributed by atoms with Crippen molar-refractivity contribution in [2.75, 3.05) is 27.3 Å². The van der Waals surface area contributed by atoms with Crippen molar-refractivity contribution in [2.45, 2.75) is 6.92 Å². The highest BCUT2D eigenvalue weighted by Crippen LogP contribution is 2.21. The van der Waals surface area contributed by atoms with Crippen molar-refractivity contribution in [1.82, 2.24) is 5.32 Å². The van der Waals surface area contributed by atoms with E-state index in [1.54, 1.807) is 14.2 Å². The molecule has 0 bridgehead atoms. The Kier molecular flexibility index (Phi) is 5.24. The van der Waals surface area contributed by atoms with Crippen LogP contribution < -0.4 is 14.8 Å². The van der Waals surface area contributed by atoms with Crippen LogP contribution in [0.5, 0.6) is 11.5 Å². The molecule has 0 saturated heterocycles. The largest absolute Gasteiger partial charge is 0.497 e. The molecule has 3 heteroatoms. The van der Waals surface area contributed by atoms with Gasteiger partial charge in [-0.1, -0.05) is 18.8 Å². The third kappa shape index (κ3) is 3.84. The van der Waals surface area contributed by atoms with Gasteiger partial charge in [0.05, 0.1) is 20.8 Å². The standard InChI is InChI=1S/C13H17NO2/c1-4-14-7-5-6-11-8-12(15-2)10-13(9-11)16-3/h8-10,14H,4,7H2,1-3H3. The SMILES string of the molecule is CCNCC#Cc1cc(OC)cc(OC)c1. The number of hydrogen-bond acceptors (Lipinski definition) is 3. The molecule has 0 spiro atoms. The summed E-state index contributed by atoms with van der Waals surface area (Å²) in [7, 11) is 3.26. The summed E-state index contributed by atoms with van der Waals surface area (Å²) in [5.74, 6) is 7.60. The van der Waals surface area contributed by atoms with E-state index >= 15 is 0 Å². The van der Waals surface area contributed by atoms with Gasteiger partial charge in [0.1, 0.15) is 11.5 Å². The van der Waals surface area contributed by atoms with E-state index in [4.69, 9.17) is 9.47 Å².